The Morgan fingerprint density at radius 3 is 2.19 bits per heavy atom. The second-order valence-corrected chi connectivity index (χ2v) is 5.57. The van der Waals surface area contributed by atoms with Crippen molar-refractivity contribution in [3.63, 3.8) is 0 Å². The summed E-state index contributed by atoms with van der Waals surface area (Å²) in [7, 11) is 0. The largest absolute Gasteiger partial charge is 0.325 e. The Balaban J connectivity index is 3.22. The Morgan fingerprint density at radius 1 is 1.19 bits per heavy atom. The molecule has 0 saturated carbocycles. The van der Waals surface area contributed by atoms with E-state index in [1.165, 1.54) is 0 Å². The molecular formula is C12H24N4. The van der Waals surface area contributed by atoms with Crippen LogP contribution in [0.5, 0.6) is 0 Å². The van der Waals surface area contributed by atoms with Gasteiger partial charge in [0, 0.05) is 17.5 Å². The number of nitrogens with two attached hydrogens (primary N) is 1. The second-order valence-electron chi connectivity index (χ2n) is 5.57. The van der Waals surface area contributed by atoms with Gasteiger partial charge in [0.05, 0.1) is 0 Å². The van der Waals surface area contributed by atoms with Gasteiger partial charge in [-0.3, -0.25) is 0 Å². The van der Waals surface area contributed by atoms with E-state index in [1.54, 1.807) is 0 Å². The molecule has 0 aliphatic carbocycles. The predicted octanol–water partition coefficient (Wildman–Crippen LogP) is 2.01. The van der Waals surface area contributed by atoms with Crippen molar-refractivity contribution >= 4 is 0 Å². The van der Waals surface area contributed by atoms with E-state index in [0.29, 0.717) is 0 Å². The molecule has 1 heterocycles. The standard InChI is InChI=1S/C12H24N4/c1-7-8-16-9(2)14-15-10(16)11(3,4)12(5,6)13/h7-8,13H2,1-6H3. The lowest BCUT2D eigenvalue weighted by Crippen LogP contribution is -2.51. The maximum atomic E-state index is 6.24. The zero-order chi connectivity index (χ0) is 12.6. The zero-order valence-electron chi connectivity index (χ0n) is 11.3. The highest BCUT2D eigenvalue weighted by Crippen LogP contribution is 2.32. The Morgan fingerprint density at radius 2 is 1.75 bits per heavy atom. The first-order valence-electron chi connectivity index (χ1n) is 5.91. The minimum Gasteiger partial charge on any atom is -0.325 e. The highest BCUT2D eigenvalue weighted by molar-refractivity contribution is 5.15. The molecule has 16 heavy (non-hydrogen) atoms. The van der Waals surface area contributed by atoms with Crippen molar-refractivity contribution in [1.29, 1.82) is 0 Å². The van der Waals surface area contributed by atoms with E-state index in [9.17, 15) is 0 Å². The van der Waals surface area contributed by atoms with E-state index in [2.05, 4.69) is 35.5 Å². The first-order valence-corrected chi connectivity index (χ1v) is 5.91. The molecule has 0 saturated heterocycles. The van der Waals surface area contributed by atoms with Gasteiger partial charge in [-0.1, -0.05) is 20.8 Å². The topological polar surface area (TPSA) is 56.7 Å². The molecule has 0 radical (unpaired) electrons. The van der Waals surface area contributed by atoms with E-state index in [-0.39, 0.29) is 11.0 Å². The SMILES string of the molecule is CCCn1c(C)nnc1C(C)(C)C(C)(C)N. The fraction of sp³-hybridized carbons (Fsp3) is 0.833. The first-order chi connectivity index (χ1) is 7.21. The molecule has 4 heteroatoms. The number of hydrogen-bond acceptors (Lipinski definition) is 3. The molecule has 0 amide bonds. The number of aromatic nitrogens is 3. The van der Waals surface area contributed by atoms with Crippen molar-refractivity contribution in [1.82, 2.24) is 14.8 Å². The molecule has 0 fully saturated rings. The Hall–Kier alpha value is -0.900. The van der Waals surface area contributed by atoms with Crippen LogP contribution in [-0.2, 0) is 12.0 Å². The van der Waals surface area contributed by atoms with E-state index in [1.807, 2.05) is 20.8 Å². The maximum Gasteiger partial charge on any atom is 0.140 e. The van der Waals surface area contributed by atoms with Crippen LogP contribution in [0, 0.1) is 6.92 Å². The van der Waals surface area contributed by atoms with Crippen LogP contribution in [0.25, 0.3) is 0 Å². The first kappa shape index (κ1) is 13.2. The van der Waals surface area contributed by atoms with Crippen LogP contribution in [0.1, 0.15) is 52.7 Å². The molecule has 0 bridgehead atoms. The molecular weight excluding hydrogens is 200 g/mol. The number of hydrogen-bond donors (Lipinski definition) is 1. The Kier molecular flexibility index (Phi) is 3.43. The molecule has 0 unspecified atom stereocenters. The van der Waals surface area contributed by atoms with Crippen molar-refractivity contribution in [3.8, 4) is 0 Å². The summed E-state index contributed by atoms with van der Waals surface area (Å²) in [5, 5.41) is 8.48. The molecule has 92 valence electrons. The molecule has 0 aliphatic heterocycles. The quantitative estimate of drug-likeness (QED) is 0.851. The average Bonchev–Trinajstić information content (AvgIpc) is 2.47. The summed E-state index contributed by atoms with van der Waals surface area (Å²) in [6, 6.07) is 0. The van der Waals surface area contributed by atoms with Gasteiger partial charge in [-0.25, -0.2) is 0 Å². The molecule has 1 aromatic rings. The van der Waals surface area contributed by atoms with E-state index < -0.39 is 0 Å². The normalized spacial score (nSPS) is 13.2. The van der Waals surface area contributed by atoms with Gasteiger partial charge in [0.2, 0.25) is 0 Å². The molecule has 0 atom stereocenters. The molecule has 0 spiro atoms. The number of rotatable bonds is 4. The van der Waals surface area contributed by atoms with Gasteiger partial charge in [-0.2, -0.15) is 0 Å². The van der Waals surface area contributed by atoms with Gasteiger partial charge in [0.25, 0.3) is 0 Å². The molecule has 0 aliphatic rings. The maximum absolute atomic E-state index is 6.24. The van der Waals surface area contributed by atoms with Gasteiger partial charge in [-0.15, -0.1) is 10.2 Å². The van der Waals surface area contributed by atoms with Crippen molar-refractivity contribution in [2.75, 3.05) is 0 Å². The van der Waals surface area contributed by atoms with Gasteiger partial charge in [-0.05, 0) is 27.2 Å². The highest BCUT2D eigenvalue weighted by Gasteiger charge is 2.39. The lowest BCUT2D eigenvalue weighted by molar-refractivity contribution is 0.280. The third kappa shape index (κ3) is 2.12. The molecule has 1 rings (SSSR count). The summed E-state index contributed by atoms with van der Waals surface area (Å²) in [6.45, 7) is 13.4. The summed E-state index contributed by atoms with van der Waals surface area (Å²) < 4.78 is 2.18. The van der Waals surface area contributed by atoms with Gasteiger partial charge in [0.15, 0.2) is 0 Å². The molecule has 4 nitrogen and oxygen atoms in total. The third-order valence-electron chi connectivity index (χ3n) is 3.55. The number of aryl methyl sites for hydroxylation is 1. The van der Waals surface area contributed by atoms with Crippen molar-refractivity contribution in [2.45, 2.75) is 65.5 Å². The van der Waals surface area contributed by atoms with Crippen LogP contribution < -0.4 is 5.73 Å². The fourth-order valence-electron chi connectivity index (χ4n) is 1.62. The van der Waals surface area contributed by atoms with E-state index >= 15 is 0 Å². The zero-order valence-corrected chi connectivity index (χ0v) is 11.3. The highest BCUT2D eigenvalue weighted by atomic mass is 15.3. The Labute approximate surface area is 98.2 Å². The predicted molar refractivity (Wildman–Crippen MR) is 66.3 cm³/mol. The minimum atomic E-state index is -0.321. The van der Waals surface area contributed by atoms with Crippen molar-refractivity contribution in [2.24, 2.45) is 5.73 Å². The number of nitrogens with zero attached hydrogens (tertiary/aromatic N) is 3. The summed E-state index contributed by atoms with van der Waals surface area (Å²) >= 11 is 0. The van der Waals surface area contributed by atoms with Crippen LogP contribution in [0.2, 0.25) is 0 Å². The van der Waals surface area contributed by atoms with Crippen LogP contribution in [0.4, 0.5) is 0 Å². The summed E-state index contributed by atoms with van der Waals surface area (Å²) in [5.41, 5.74) is 5.73. The summed E-state index contributed by atoms with van der Waals surface area (Å²) in [5.74, 6) is 1.95. The van der Waals surface area contributed by atoms with Crippen LogP contribution >= 0.6 is 0 Å². The van der Waals surface area contributed by atoms with Crippen LogP contribution in [0.3, 0.4) is 0 Å². The van der Waals surface area contributed by atoms with E-state index in [4.69, 9.17) is 5.73 Å². The smallest absolute Gasteiger partial charge is 0.140 e. The van der Waals surface area contributed by atoms with Gasteiger partial charge in [0.1, 0.15) is 11.6 Å². The second kappa shape index (κ2) is 4.17. The summed E-state index contributed by atoms with van der Waals surface area (Å²) in [6.07, 6.45) is 1.08. The monoisotopic (exact) mass is 224 g/mol. The summed E-state index contributed by atoms with van der Waals surface area (Å²) in [4.78, 5) is 0. The minimum absolute atomic E-state index is 0.191. The fourth-order valence-corrected chi connectivity index (χ4v) is 1.62. The molecule has 0 aromatic carbocycles. The van der Waals surface area contributed by atoms with Crippen molar-refractivity contribution < 1.29 is 0 Å². The van der Waals surface area contributed by atoms with Gasteiger partial charge < -0.3 is 10.3 Å². The van der Waals surface area contributed by atoms with Crippen LogP contribution in [0.15, 0.2) is 0 Å². The lowest BCUT2D eigenvalue weighted by atomic mass is 9.74. The molecule has 2 N–H and O–H groups in total. The van der Waals surface area contributed by atoms with Gasteiger partial charge >= 0.3 is 0 Å². The lowest BCUT2D eigenvalue weighted by Gasteiger charge is -2.37. The third-order valence-corrected chi connectivity index (χ3v) is 3.55. The van der Waals surface area contributed by atoms with Crippen molar-refractivity contribution in [3.05, 3.63) is 11.6 Å². The van der Waals surface area contributed by atoms with Crippen LogP contribution in [-0.4, -0.2) is 20.3 Å². The average molecular weight is 224 g/mol. The van der Waals surface area contributed by atoms with E-state index in [0.717, 1.165) is 24.6 Å². The molecule has 1 aromatic heterocycles. The Bertz CT molecular complexity index is 358.